The number of rotatable bonds is 59. The number of carbonyl (C=O) groups excluding carboxylic acids is 3. The van der Waals surface area contributed by atoms with Crippen LogP contribution in [0.15, 0.2) is 12.2 Å². The summed E-state index contributed by atoms with van der Waals surface area (Å²) in [4.78, 5) is 38.2. The third-order valence-corrected chi connectivity index (χ3v) is 14.5. The van der Waals surface area contributed by atoms with E-state index in [4.69, 9.17) is 14.2 Å². The molecule has 0 fully saturated rings. The summed E-state index contributed by atoms with van der Waals surface area (Å²) in [6.07, 6.45) is 69.4. The average Bonchev–Trinajstić information content (AvgIpc) is 3.36. The minimum atomic E-state index is -0.765. The molecule has 0 N–H and O–H groups in total. The van der Waals surface area contributed by atoms with Crippen molar-refractivity contribution in [1.82, 2.24) is 0 Å². The fraction of sp³-hybridized carbons (Fsp3) is 0.922. The standard InChI is InChI=1S/C64H122O6/c1-4-7-10-13-16-19-22-24-26-28-30-32-34-36-38-40-42-45-48-51-54-57-63(66)69-60-61(59-68-62(65)56-53-50-47-44-21-18-15-12-9-6-3)70-64(67)58-55-52-49-46-43-41-39-37-35-33-31-29-27-25-23-20-17-14-11-8-5-2/h28,30,61H,4-27,29,31-60H2,1-3H3/b30-28-. The summed E-state index contributed by atoms with van der Waals surface area (Å²) < 4.78 is 16.9. The van der Waals surface area contributed by atoms with Crippen LogP contribution in [0, 0.1) is 0 Å². The van der Waals surface area contributed by atoms with E-state index in [1.54, 1.807) is 0 Å². The molecule has 0 heterocycles. The van der Waals surface area contributed by atoms with E-state index in [0.29, 0.717) is 19.3 Å². The van der Waals surface area contributed by atoms with Crippen molar-refractivity contribution < 1.29 is 28.6 Å². The van der Waals surface area contributed by atoms with Crippen LogP contribution in [0.3, 0.4) is 0 Å². The van der Waals surface area contributed by atoms with Gasteiger partial charge in [-0.15, -0.1) is 0 Å². The fourth-order valence-corrected chi connectivity index (χ4v) is 9.74. The van der Waals surface area contributed by atoms with E-state index in [9.17, 15) is 14.4 Å². The summed E-state index contributed by atoms with van der Waals surface area (Å²) in [7, 11) is 0. The first-order valence-corrected chi connectivity index (χ1v) is 31.7. The number of unbranched alkanes of at least 4 members (excludes halogenated alkanes) is 46. The Balaban J connectivity index is 4.20. The Morgan fingerprint density at radius 3 is 0.714 bits per heavy atom. The van der Waals surface area contributed by atoms with Crippen molar-refractivity contribution >= 4 is 17.9 Å². The van der Waals surface area contributed by atoms with Gasteiger partial charge in [0.15, 0.2) is 6.10 Å². The summed E-state index contributed by atoms with van der Waals surface area (Å²) in [5, 5.41) is 0. The summed E-state index contributed by atoms with van der Waals surface area (Å²) in [5.74, 6) is -0.840. The van der Waals surface area contributed by atoms with Crippen LogP contribution in [-0.2, 0) is 28.6 Å². The third kappa shape index (κ3) is 57.1. The molecule has 0 saturated heterocycles. The molecule has 0 aromatic heterocycles. The van der Waals surface area contributed by atoms with Gasteiger partial charge in [-0.1, -0.05) is 309 Å². The highest BCUT2D eigenvalue weighted by atomic mass is 16.6. The quantitative estimate of drug-likeness (QED) is 0.0261. The maximum atomic E-state index is 12.9. The van der Waals surface area contributed by atoms with E-state index < -0.39 is 6.10 Å². The second kappa shape index (κ2) is 59.7. The van der Waals surface area contributed by atoms with Crippen LogP contribution < -0.4 is 0 Å². The third-order valence-electron chi connectivity index (χ3n) is 14.5. The highest BCUT2D eigenvalue weighted by Gasteiger charge is 2.19. The van der Waals surface area contributed by atoms with Gasteiger partial charge in [0.2, 0.25) is 0 Å². The molecule has 0 bridgehead atoms. The molecule has 0 saturated carbocycles. The molecule has 0 radical (unpaired) electrons. The number of allylic oxidation sites excluding steroid dienone is 2. The Morgan fingerprint density at radius 1 is 0.271 bits per heavy atom. The van der Waals surface area contributed by atoms with Crippen molar-refractivity contribution in [1.29, 1.82) is 0 Å². The van der Waals surface area contributed by atoms with Crippen LogP contribution in [0.5, 0.6) is 0 Å². The lowest BCUT2D eigenvalue weighted by Gasteiger charge is -2.18. The van der Waals surface area contributed by atoms with Crippen LogP contribution in [-0.4, -0.2) is 37.2 Å². The molecule has 0 aliphatic carbocycles. The maximum absolute atomic E-state index is 12.9. The lowest BCUT2D eigenvalue weighted by molar-refractivity contribution is -0.167. The zero-order chi connectivity index (χ0) is 50.7. The Hall–Kier alpha value is -1.85. The molecule has 6 heteroatoms. The SMILES string of the molecule is CCCCCCCCCC/C=C\CCCCCCCCCCCC(=O)OCC(COC(=O)CCCCCCCCCCCC)OC(=O)CCCCCCCCCCCCCCCCCCCCCCC. The molecule has 0 aromatic carbocycles. The van der Waals surface area contributed by atoms with Gasteiger partial charge in [-0.05, 0) is 44.9 Å². The first kappa shape index (κ1) is 68.2. The molecule has 0 spiro atoms. The maximum Gasteiger partial charge on any atom is 0.306 e. The molecule has 0 aliphatic heterocycles. The van der Waals surface area contributed by atoms with Crippen LogP contribution in [0.1, 0.15) is 361 Å². The molecule has 1 atom stereocenters. The van der Waals surface area contributed by atoms with Gasteiger partial charge in [-0.2, -0.15) is 0 Å². The van der Waals surface area contributed by atoms with Crippen LogP contribution in [0.25, 0.3) is 0 Å². The van der Waals surface area contributed by atoms with E-state index in [2.05, 4.69) is 32.9 Å². The van der Waals surface area contributed by atoms with Crippen LogP contribution >= 0.6 is 0 Å². The molecule has 414 valence electrons. The zero-order valence-corrected chi connectivity index (χ0v) is 47.6. The van der Waals surface area contributed by atoms with Gasteiger partial charge >= 0.3 is 17.9 Å². The normalized spacial score (nSPS) is 12.0. The van der Waals surface area contributed by atoms with E-state index in [-0.39, 0.29) is 31.1 Å². The first-order chi connectivity index (χ1) is 34.5. The minimum Gasteiger partial charge on any atom is -0.462 e. The largest absolute Gasteiger partial charge is 0.462 e. The van der Waals surface area contributed by atoms with Crippen molar-refractivity contribution in [2.24, 2.45) is 0 Å². The summed E-state index contributed by atoms with van der Waals surface area (Å²) in [5.41, 5.74) is 0. The summed E-state index contributed by atoms with van der Waals surface area (Å²) >= 11 is 0. The zero-order valence-electron chi connectivity index (χ0n) is 47.6. The van der Waals surface area contributed by atoms with Gasteiger partial charge < -0.3 is 14.2 Å². The van der Waals surface area contributed by atoms with Gasteiger partial charge in [0.05, 0.1) is 0 Å². The van der Waals surface area contributed by atoms with Crippen LogP contribution in [0.2, 0.25) is 0 Å². The van der Waals surface area contributed by atoms with E-state index in [0.717, 1.165) is 57.8 Å². The fourth-order valence-electron chi connectivity index (χ4n) is 9.74. The molecule has 0 amide bonds. The second-order valence-electron chi connectivity index (χ2n) is 21.7. The molecule has 0 aliphatic rings. The molecule has 0 aromatic rings. The topological polar surface area (TPSA) is 78.9 Å². The van der Waals surface area contributed by atoms with Gasteiger partial charge in [0.1, 0.15) is 13.2 Å². The van der Waals surface area contributed by atoms with Gasteiger partial charge in [0, 0.05) is 19.3 Å². The Bertz CT molecular complexity index is 1090. The Kier molecular flexibility index (Phi) is 58.1. The van der Waals surface area contributed by atoms with Crippen molar-refractivity contribution in [2.45, 2.75) is 367 Å². The molecule has 1 unspecified atom stereocenters. The van der Waals surface area contributed by atoms with Crippen molar-refractivity contribution in [3.05, 3.63) is 12.2 Å². The van der Waals surface area contributed by atoms with Crippen LogP contribution in [0.4, 0.5) is 0 Å². The van der Waals surface area contributed by atoms with E-state index in [1.807, 2.05) is 0 Å². The lowest BCUT2D eigenvalue weighted by Crippen LogP contribution is -2.30. The molecule has 0 rings (SSSR count). The lowest BCUT2D eigenvalue weighted by atomic mass is 10.0. The summed E-state index contributed by atoms with van der Waals surface area (Å²) in [6.45, 7) is 6.70. The number of carbonyl (C=O) groups is 3. The monoisotopic (exact) mass is 987 g/mol. The predicted molar refractivity (Wildman–Crippen MR) is 303 cm³/mol. The number of ether oxygens (including phenoxy) is 3. The highest BCUT2D eigenvalue weighted by molar-refractivity contribution is 5.71. The first-order valence-electron chi connectivity index (χ1n) is 31.7. The van der Waals surface area contributed by atoms with Crippen molar-refractivity contribution in [3.8, 4) is 0 Å². The van der Waals surface area contributed by atoms with Crippen molar-refractivity contribution in [3.63, 3.8) is 0 Å². The molecule has 6 nitrogen and oxygen atoms in total. The highest BCUT2D eigenvalue weighted by Crippen LogP contribution is 2.18. The van der Waals surface area contributed by atoms with Gasteiger partial charge in [0.25, 0.3) is 0 Å². The van der Waals surface area contributed by atoms with E-state index >= 15 is 0 Å². The Morgan fingerprint density at radius 2 is 0.471 bits per heavy atom. The minimum absolute atomic E-state index is 0.0645. The van der Waals surface area contributed by atoms with Crippen molar-refractivity contribution in [2.75, 3.05) is 13.2 Å². The van der Waals surface area contributed by atoms with E-state index in [1.165, 1.54) is 263 Å². The molecular formula is C64H122O6. The second-order valence-corrected chi connectivity index (χ2v) is 21.7. The smallest absolute Gasteiger partial charge is 0.306 e. The molecule has 70 heavy (non-hydrogen) atoms. The number of esters is 3. The van der Waals surface area contributed by atoms with Gasteiger partial charge in [-0.25, -0.2) is 0 Å². The predicted octanol–water partition coefficient (Wildman–Crippen LogP) is 21.3. The Labute approximate surface area is 437 Å². The number of hydrogen-bond donors (Lipinski definition) is 0. The molecular weight excluding hydrogens is 865 g/mol. The average molecular weight is 988 g/mol. The summed E-state index contributed by atoms with van der Waals surface area (Å²) in [6, 6.07) is 0. The number of hydrogen-bond acceptors (Lipinski definition) is 6. The van der Waals surface area contributed by atoms with Gasteiger partial charge in [-0.3, -0.25) is 14.4 Å².